The maximum Gasteiger partial charge on any atom is 0.132 e. The highest BCUT2D eigenvalue weighted by Gasteiger charge is 2.11. The molecule has 0 bridgehead atoms. The number of aliphatic hydroxyl groups excluding tert-OH is 1. The average molecular weight is 284 g/mol. The molecule has 0 aromatic heterocycles. The third-order valence-corrected chi connectivity index (χ3v) is 2.11. The fourth-order valence-electron chi connectivity index (χ4n) is 0.897. The van der Waals surface area contributed by atoms with Gasteiger partial charge in [0, 0.05) is 6.08 Å². The summed E-state index contributed by atoms with van der Waals surface area (Å²) in [6, 6.07) is -0.0613. The van der Waals surface area contributed by atoms with E-state index in [0.717, 1.165) is 6.42 Å². The second-order valence-electron chi connectivity index (χ2n) is 3.65. The van der Waals surface area contributed by atoms with Crippen LogP contribution in [0.1, 0.15) is 13.3 Å². The normalized spacial score (nSPS) is 8.86. The Bertz CT molecular complexity index is 909. The van der Waals surface area contributed by atoms with Crippen LogP contribution in [0.3, 0.4) is 0 Å². The Hall–Kier alpha value is -3.42. The van der Waals surface area contributed by atoms with Gasteiger partial charge in [0.2, 0.25) is 0 Å². The zero-order valence-corrected chi connectivity index (χ0v) is 12.3. The first kappa shape index (κ1) is 18.6. The molecule has 4 N–H and O–H groups in total. The SMILES string of the molecule is C=C=C=C=C=C=C=C=C=C=C=C=C=C=C=C[C@H](O)[C@@H]([NH3+])CC. The van der Waals surface area contributed by atoms with E-state index in [2.05, 4.69) is 92.5 Å². The highest BCUT2D eigenvalue weighted by molar-refractivity contribution is 4.94. The first-order chi connectivity index (χ1) is 10.7. The standard InChI is InChI=1S/C20H13NO/c1-3-5-6-7-8-9-10-11-12-13-14-15-16-17-18-20(22)19(21)4-2/h18-20,22H,1,4,21H2,2H3/p+1/t19-,20-/m0/s1. The molecule has 22 heavy (non-hydrogen) atoms. The van der Waals surface area contributed by atoms with Gasteiger partial charge in [-0.25, -0.2) is 0 Å². The summed E-state index contributed by atoms with van der Waals surface area (Å²) in [5.41, 5.74) is 38.8. The van der Waals surface area contributed by atoms with Crippen molar-refractivity contribution in [1.82, 2.24) is 0 Å². The molecule has 2 heteroatoms. The van der Waals surface area contributed by atoms with E-state index in [0.29, 0.717) is 0 Å². The quantitative estimate of drug-likeness (QED) is 0.762. The number of aliphatic hydroxyl groups is 1. The van der Waals surface area contributed by atoms with E-state index in [4.69, 9.17) is 0 Å². The Morgan fingerprint density at radius 3 is 1.68 bits per heavy atom. The molecule has 0 radical (unpaired) electrons. The largest absolute Gasteiger partial charge is 0.382 e. The molecule has 0 aliphatic carbocycles. The summed E-state index contributed by atoms with van der Waals surface area (Å²) < 4.78 is 0. The van der Waals surface area contributed by atoms with E-state index in [-0.39, 0.29) is 6.04 Å². The minimum atomic E-state index is -0.641. The topological polar surface area (TPSA) is 47.9 Å². The van der Waals surface area contributed by atoms with E-state index in [9.17, 15) is 5.11 Å². The van der Waals surface area contributed by atoms with Crippen molar-refractivity contribution in [2.75, 3.05) is 0 Å². The monoisotopic (exact) mass is 284 g/mol. The van der Waals surface area contributed by atoms with Gasteiger partial charge in [0.15, 0.2) is 0 Å². The second-order valence-corrected chi connectivity index (χ2v) is 3.65. The summed E-state index contributed by atoms with van der Waals surface area (Å²) in [7, 11) is 0. The zero-order chi connectivity index (χ0) is 16.5. The summed E-state index contributed by atoms with van der Waals surface area (Å²) in [6.07, 6.45) is 1.61. The van der Waals surface area contributed by atoms with Crippen LogP contribution < -0.4 is 5.73 Å². The van der Waals surface area contributed by atoms with Gasteiger partial charge in [-0.1, -0.05) is 18.4 Å². The first-order valence-electron chi connectivity index (χ1n) is 6.34. The van der Waals surface area contributed by atoms with Gasteiger partial charge >= 0.3 is 0 Å². The lowest BCUT2D eigenvalue weighted by molar-refractivity contribution is -0.433. The minimum absolute atomic E-state index is 0.0613. The molecule has 0 heterocycles. The van der Waals surface area contributed by atoms with E-state index in [1.54, 1.807) is 0 Å². The van der Waals surface area contributed by atoms with Crippen molar-refractivity contribution < 1.29 is 10.8 Å². The molecular weight excluding hydrogens is 270 g/mol. The van der Waals surface area contributed by atoms with Crippen molar-refractivity contribution >= 4 is 0 Å². The zero-order valence-electron chi connectivity index (χ0n) is 12.3. The predicted molar refractivity (Wildman–Crippen MR) is 82.4 cm³/mol. The van der Waals surface area contributed by atoms with Crippen molar-refractivity contribution in [3.8, 4) is 0 Å². The molecular formula is C20H14NO+. The summed E-state index contributed by atoms with van der Waals surface area (Å²) >= 11 is 0. The third kappa shape index (κ3) is 11.7. The minimum Gasteiger partial charge on any atom is -0.382 e. The van der Waals surface area contributed by atoms with Crippen molar-refractivity contribution in [1.29, 1.82) is 0 Å². The molecule has 0 aliphatic rings. The van der Waals surface area contributed by atoms with E-state index in [1.165, 1.54) is 6.08 Å². The maximum absolute atomic E-state index is 9.56. The van der Waals surface area contributed by atoms with Crippen LogP contribution in [0.5, 0.6) is 0 Å². The summed E-state index contributed by atoms with van der Waals surface area (Å²) in [5, 5.41) is 9.56. The first-order valence-corrected chi connectivity index (χ1v) is 6.34. The Morgan fingerprint density at radius 2 is 1.27 bits per heavy atom. The van der Waals surface area contributed by atoms with Crippen LogP contribution >= 0.6 is 0 Å². The van der Waals surface area contributed by atoms with Crippen molar-refractivity contribution in [3.63, 3.8) is 0 Å². The Balaban J connectivity index is 5.40. The molecule has 0 aromatic carbocycles. The molecule has 0 amide bonds. The predicted octanol–water partition coefficient (Wildman–Crippen LogP) is 1.73. The van der Waals surface area contributed by atoms with Gasteiger partial charge in [-0.3, -0.25) is 0 Å². The van der Waals surface area contributed by atoms with Crippen LogP contribution in [0.4, 0.5) is 0 Å². The summed E-state index contributed by atoms with van der Waals surface area (Å²) in [5.74, 6) is 0. The van der Waals surface area contributed by atoms with Gasteiger partial charge in [-0.2, -0.15) is 0 Å². The maximum atomic E-state index is 9.56. The molecule has 0 spiro atoms. The summed E-state index contributed by atoms with van der Waals surface area (Å²) in [6.45, 7) is 5.25. The van der Waals surface area contributed by atoms with Crippen LogP contribution in [0.15, 0.2) is 92.9 Å². The van der Waals surface area contributed by atoms with Crippen molar-refractivity contribution in [2.24, 2.45) is 0 Å². The lowest BCUT2D eigenvalue weighted by atomic mass is 10.1. The molecule has 2 nitrogen and oxygen atoms in total. The Kier molecular flexibility index (Phi) is 11.8. The van der Waals surface area contributed by atoms with E-state index < -0.39 is 6.10 Å². The van der Waals surface area contributed by atoms with Gasteiger partial charge < -0.3 is 10.8 Å². The molecule has 0 aromatic rings. The number of rotatable bonds is 3. The van der Waals surface area contributed by atoms with E-state index in [1.807, 2.05) is 6.92 Å². The average Bonchev–Trinajstić information content (AvgIpc) is 2.54. The number of quaternary nitrogens is 1. The van der Waals surface area contributed by atoms with Gasteiger partial charge in [0.25, 0.3) is 0 Å². The van der Waals surface area contributed by atoms with Crippen LogP contribution in [0.2, 0.25) is 0 Å². The highest BCUT2D eigenvalue weighted by Crippen LogP contribution is 1.92. The van der Waals surface area contributed by atoms with Crippen LogP contribution in [0.25, 0.3) is 0 Å². The molecule has 0 fully saturated rings. The van der Waals surface area contributed by atoms with Crippen LogP contribution in [0, 0.1) is 0 Å². The smallest absolute Gasteiger partial charge is 0.132 e. The van der Waals surface area contributed by atoms with Gasteiger partial charge in [0.05, 0.1) is 0 Å². The number of hydrogen-bond acceptors (Lipinski definition) is 1. The number of hydrogen-bond donors (Lipinski definition) is 2. The van der Waals surface area contributed by atoms with Gasteiger partial charge in [0.1, 0.15) is 12.1 Å². The Labute approximate surface area is 129 Å². The molecule has 0 saturated carbocycles. The highest BCUT2D eigenvalue weighted by atomic mass is 16.3. The van der Waals surface area contributed by atoms with Crippen molar-refractivity contribution in [2.45, 2.75) is 25.5 Å². The van der Waals surface area contributed by atoms with Crippen LogP contribution in [-0.2, 0) is 0 Å². The van der Waals surface area contributed by atoms with Crippen LogP contribution in [-0.4, -0.2) is 17.3 Å². The molecule has 0 aliphatic heterocycles. The lowest BCUT2D eigenvalue weighted by Crippen LogP contribution is -2.65. The Morgan fingerprint density at radius 1 is 0.864 bits per heavy atom. The fraction of sp³-hybridized carbons (Fsp3) is 0.200. The van der Waals surface area contributed by atoms with E-state index >= 15 is 0 Å². The molecule has 104 valence electrons. The molecule has 0 rings (SSSR count). The van der Waals surface area contributed by atoms with Gasteiger partial charge in [-0.05, 0) is 81.8 Å². The lowest BCUT2D eigenvalue weighted by Gasteiger charge is -2.07. The molecule has 0 unspecified atom stereocenters. The summed E-state index contributed by atoms with van der Waals surface area (Å²) in [4.78, 5) is 0. The molecule has 2 atom stereocenters. The second kappa shape index (κ2) is 14.0. The fourth-order valence-corrected chi connectivity index (χ4v) is 0.897. The third-order valence-electron chi connectivity index (χ3n) is 2.11. The molecule has 0 saturated heterocycles. The van der Waals surface area contributed by atoms with Crippen molar-refractivity contribution in [3.05, 3.63) is 92.9 Å². The van der Waals surface area contributed by atoms with Gasteiger partial charge in [-0.15, -0.1) is 0 Å².